The van der Waals surface area contributed by atoms with Crippen molar-refractivity contribution in [2.24, 2.45) is 58.2 Å². The van der Waals surface area contributed by atoms with E-state index in [1.165, 1.54) is 19.3 Å². The summed E-state index contributed by atoms with van der Waals surface area (Å²) in [6.07, 6.45) is 4.62. The monoisotopic (exact) mass is 458 g/mol. The molecule has 4 aliphatic rings. The molecule has 10 atom stereocenters. The number of alkyl halides is 3. The first kappa shape index (κ1) is 26.4. The molecule has 6 unspecified atom stereocenters. The molecule has 188 valence electrons. The summed E-state index contributed by atoms with van der Waals surface area (Å²) in [5.74, 6) is 3.54. The van der Waals surface area contributed by atoms with E-state index in [1.54, 1.807) is 7.11 Å². The quantitative estimate of drug-likeness (QED) is 0.383. The van der Waals surface area contributed by atoms with Crippen LogP contribution in [0.1, 0.15) is 99.3 Å². The molecule has 0 amide bonds. The molecule has 0 aromatic rings. The largest absolute Gasteiger partial charge is 0.391 e. The molecule has 0 spiro atoms. The summed E-state index contributed by atoms with van der Waals surface area (Å²) in [5.41, 5.74) is 0.531. The molecular formula is C28H49F3O. The number of hydrogen-bond donors (Lipinski definition) is 0. The summed E-state index contributed by atoms with van der Waals surface area (Å²) >= 11 is 0. The van der Waals surface area contributed by atoms with E-state index in [0.29, 0.717) is 24.2 Å². The van der Waals surface area contributed by atoms with Crippen LogP contribution in [0.5, 0.6) is 0 Å². The lowest BCUT2D eigenvalue weighted by molar-refractivity contribution is -0.208. The van der Waals surface area contributed by atoms with Crippen LogP contribution in [-0.4, -0.2) is 19.9 Å². The Kier molecular flexibility index (Phi) is 8.06. The lowest BCUT2D eigenvalue weighted by Gasteiger charge is -2.61. The molecule has 4 heteroatoms. The Morgan fingerprint density at radius 1 is 0.906 bits per heavy atom. The third kappa shape index (κ3) is 4.29. The second-order valence-electron chi connectivity index (χ2n) is 12.1. The molecule has 0 aromatic heterocycles. The number of fused-ring (bicyclic) bond motifs is 5. The van der Waals surface area contributed by atoms with Crippen LogP contribution < -0.4 is 0 Å². The van der Waals surface area contributed by atoms with Crippen LogP contribution in [0.4, 0.5) is 13.2 Å². The fourth-order valence-corrected chi connectivity index (χ4v) is 9.59. The number of ether oxygens (including phenoxy) is 1. The van der Waals surface area contributed by atoms with Gasteiger partial charge in [0.1, 0.15) is 0 Å². The highest BCUT2D eigenvalue weighted by atomic mass is 19.4. The molecule has 0 N–H and O–H groups in total. The normalized spacial score (nSPS) is 48.2. The van der Waals surface area contributed by atoms with Gasteiger partial charge < -0.3 is 4.74 Å². The fraction of sp³-hybridized carbons (Fsp3) is 1.00. The first-order chi connectivity index (χ1) is 15.0. The molecule has 4 fully saturated rings. The molecule has 0 aliphatic heterocycles. The van der Waals surface area contributed by atoms with Crippen LogP contribution >= 0.6 is 0 Å². The van der Waals surface area contributed by atoms with E-state index in [4.69, 9.17) is 4.74 Å². The summed E-state index contributed by atoms with van der Waals surface area (Å²) in [7, 11) is 1.79. The van der Waals surface area contributed by atoms with Gasteiger partial charge in [-0.05, 0) is 110 Å². The maximum atomic E-state index is 13.4. The predicted octanol–water partition coefficient (Wildman–Crippen LogP) is 8.77. The molecule has 0 radical (unpaired) electrons. The standard InChI is InChI=1S/C26H43F3O.C2H6/c1-16-17(2)23-20-9-8-18-15-19(26(27,28)29)10-12-24(18,3)22(20)11-13-25(23,4)21(16)7-6-14-30-5;1-2/h16-23H,6-15H2,1-5H3;1-2H3/t16-,17+,18+,19?,20+,21?,22?,23?,24?,25?;/m0./s1. The molecule has 0 aromatic carbocycles. The number of rotatable bonds is 4. The molecule has 4 saturated carbocycles. The second kappa shape index (κ2) is 9.78. The van der Waals surface area contributed by atoms with Crippen LogP contribution in [-0.2, 0) is 4.74 Å². The molecule has 0 heterocycles. The Balaban J connectivity index is 0.00000141. The first-order valence-electron chi connectivity index (χ1n) is 13.6. The van der Waals surface area contributed by atoms with Crippen LogP contribution in [0.15, 0.2) is 0 Å². The van der Waals surface area contributed by atoms with Gasteiger partial charge in [0, 0.05) is 13.7 Å². The highest BCUT2D eigenvalue weighted by Gasteiger charge is 2.64. The van der Waals surface area contributed by atoms with Crippen LogP contribution in [0.25, 0.3) is 0 Å². The van der Waals surface area contributed by atoms with Gasteiger partial charge >= 0.3 is 6.18 Å². The SMILES string of the molecule is CC.COCCCC1[C@@H](C)[C@@H](C)C2[C@@H]3CC[C@@H]4CC(C(F)(F)F)CCC4(C)C3CCC12C. The van der Waals surface area contributed by atoms with Crippen LogP contribution in [0.3, 0.4) is 0 Å². The van der Waals surface area contributed by atoms with Crippen molar-refractivity contribution in [2.45, 2.75) is 106 Å². The average Bonchev–Trinajstić information content (AvgIpc) is 2.94. The van der Waals surface area contributed by atoms with Crippen molar-refractivity contribution in [3.63, 3.8) is 0 Å². The minimum absolute atomic E-state index is 0.128. The summed E-state index contributed by atoms with van der Waals surface area (Å²) in [4.78, 5) is 0. The molecule has 0 bridgehead atoms. The van der Waals surface area contributed by atoms with Gasteiger partial charge in [-0.2, -0.15) is 13.2 Å². The molecule has 4 rings (SSSR count). The smallest absolute Gasteiger partial charge is 0.385 e. The summed E-state index contributed by atoms with van der Waals surface area (Å²) in [6, 6.07) is 0. The molecular weight excluding hydrogens is 409 g/mol. The van der Waals surface area contributed by atoms with Gasteiger partial charge in [-0.1, -0.05) is 41.5 Å². The zero-order valence-corrected chi connectivity index (χ0v) is 21.7. The minimum atomic E-state index is -4.01. The van der Waals surface area contributed by atoms with E-state index < -0.39 is 12.1 Å². The van der Waals surface area contributed by atoms with Crippen LogP contribution in [0.2, 0.25) is 0 Å². The highest BCUT2D eigenvalue weighted by molar-refractivity contribution is 5.12. The van der Waals surface area contributed by atoms with Crippen molar-refractivity contribution in [3.05, 3.63) is 0 Å². The van der Waals surface area contributed by atoms with Gasteiger partial charge in [0.2, 0.25) is 0 Å². The van der Waals surface area contributed by atoms with Crippen molar-refractivity contribution in [2.75, 3.05) is 13.7 Å². The van der Waals surface area contributed by atoms with Crippen molar-refractivity contribution in [3.8, 4) is 0 Å². The Labute approximate surface area is 195 Å². The van der Waals surface area contributed by atoms with Crippen molar-refractivity contribution < 1.29 is 17.9 Å². The van der Waals surface area contributed by atoms with Gasteiger partial charge in [-0.15, -0.1) is 0 Å². The number of hydrogen-bond acceptors (Lipinski definition) is 1. The lowest BCUT2D eigenvalue weighted by atomic mass is 9.43. The Morgan fingerprint density at radius 3 is 2.19 bits per heavy atom. The van der Waals surface area contributed by atoms with E-state index >= 15 is 0 Å². The van der Waals surface area contributed by atoms with Gasteiger partial charge in [-0.3, -0.25) is 0 Å². The minimum Gasteiger partial charge on any atom is -0.385 e. The first-order valence-corrected chi connectivity index (χ1v) is 13.6. The van der Waals surface area contributed by atoms with E-state index in [2.05, 4.69) is 27.7 Å². The highest BCUT2D eigenvalue weighted by Crippen LogP contribution is 2.70. The predicted molar refractivity (Wildman–Crippen MR) is 126 cm³/mol. The Morgan fingerprint density at radius 2 is 1.56 bits per heavy atom. The van der Waals surface area contributed by atoms with Gasteiger partial charge in [0.25, 0.3) is 0 Å². The van der Waals surface area contributed by atoms with Gasteiger partial charge in [0.15, 0.2) is 0 Å². The van der Waals surface area contributed by atoms with E-state index in [-0.39, 0.29) is 11.3 Å². The van der Waals surface area contributed by atoms with Crippen molar-refractivity contribution in [1.29, 1.82) is 0 Å². The molecule has 4 aliphatic carbocycles. The zero-order chi connectivity index (χ0) is 23.9. The lowest BCUT2D eigenvalue weighted by Crippen LogP contribution is -2.54. The maximum Gasteiger partial charge on any atom is 0.391 e. The number of halogens is 3. The molecule has 1 nitrogen and oxygen atoms in total. The van der Waals surface area contributed by atoms with Crippen LogP contribution in [0, 0.1) is 58.2 Å². The van der Waals surface area contributed by atoms with Crippen molar-refractivity contribution >= 4 is 0 Å². The summed E-state index contributed by atoms with van der Waals surface area (Å²) in [6.45, 7) is 14.8. The zero-order valence-electron chi connectivity index (χ0n) is 21.7. The van der Waals surface area contributed by atoms with E-state index in [1.807, 2.05) is 13.8 Å². The fourth-order valence-electron chi connectivity index (χ4n) is 9.59. The summed E-state index contributed by atoms with van der Waals surface area (Å²) in [5, 5.41) is 0. The van der Waals surface area contributed by atoms with E-state index in [9.17, 15) is 13.2 Å². The Hall–Kier alpha value is -0.250. The van der Waals surface area contributed by atoms with Gasteiger partial charge in [0.05, 0.1) is 5.92 Å². The Bertz CT molecular complexity index is 618. The summed E-state index contributed by atoms with van der Waals surface area (Å²) < 4.78 is 45.7. The molecule has 32 heavy (non-hydrogen) atoms. The number of methoxy groups -OCH3 is 1. The topological polar surface area (TPSA) is 9.23 Å². The van der Waals surface area contributed by atoms with Crippen molar-refractivity contribution in [1.82, 2.24) is 0 Å². The average molecular weight is 459 g/mol. The maximum absolute atomic E-state index is 13.4. The van der Waals surface area contributed by atoms with E-state index in [0.717, 1.165) is 61.9 Å². The third-order valence-corrected chi connectivity index (χ3v) is 11.2. The molecule has 0 saturated heterocycles. The second-order valence-corrected chi connectivity index (χ2v) is 12.1. The van der Waals surface area contributed by atoms with Gasteiger partial charge in [-0.25, -0.2) is 0 Å². The third-order valence-electron chi connectivity index (χ3n) is 11.2.